The summed E-state index contributed by atoms with van der Waals surface area (Å²) in [6.07, 6.45) is -17.1. The Kier molecular flexibility index (Phi) is 14.6. The number of phenolic OH excluding ortho intramolecular Hbond substituents is 3. The van der Waals surface area contributed by atoms with Crippen molar-refractivity contribution < 1.29 is 89.0 Å². The number of ether oxygens (including phenoxy) is 7. The van der Waals surface area contributed by atoms with Crippen LogP contribution in [0.3, 0.4) is 0 Å². The molecule has 55 heavy (non-hydrogen) atoms. The fraction of sp³-hybridized carbons (Fsp3) is 0.541. The van der Waals surface area contributed by atoms with Crippen molar-refractivity contribution in [2.24, 2.45) is 0 Å². The van der Waals surface area contributed by atoms with Crippen LogP contribution >= 0.6 is 0 Å². The van der Waals surface area contributed by atoms with Gasteiger partial charge in [0.25, 0.3) is 0 Å². The van der Waals surface area contributed by atoms with E-state index < -0.39 is 110 Å². The van der Waals surface area contributed by atoms with Gasteiger partial charge in [-0.3, -0.25) is 0 Å². The second-order valence-corrected chi connectivity index (χ2v) is 13.3. The highest BCUT2D eigenvalue weighted by atomic mass is 16.8. The van der Waals surface area contributed by atoms with E-state index in [-0.39, 0.29) is 24.5 Å². The Labute approximate surface area is 315 Å². The van der Waals surface area contributed by atoms with E-state index in [2.05, 4.69) is 0 Å². The minimum Gasteiger partial charge on any atom is -0.508 e. The lowest BCUT2D eigenvalue weighted by Gasteiger charge is -2.48. The summed E-state index contributed by atoms with van der Waals surface area (Å²) < 4.78 is 40.3. The van der Waals surface area contributed by atoms with E-state index in [0.29, 0.717) is 5.56 Å². The van der Waals surface area contributed by atoms with Crippen molar-refractivity contribution in [1.82, 2.24) is 0 Å². The quantitative estimate of drug-likeness (QED) is 0.0662. The van der Waals surface area contributed by atoms with Gasteiger partial charge < -0.3 is 84.2 Å². The van der Waals surface area contributed by atoms with Crippen molar-refractivity contribution >= 4 is 18.1 Å². The van der Waals surface area contributed by atoms with Gasteiger partial charge in [0.2, 0.25) is 0 Å². The monoisotopic (exact) mass is 780 g/mol. The molecular formula is C37H48O18. The zero-order chi connectivity index (χ0) is 40.0. The Morgan fingerprint density at radius 2 is 1.33 bits per heavy atom. The Hall–Kier alpha value is -3.73. The van der Waals surface area contributed by atoms with Crippen LogP contribution in [0.25, 0.3) is 12.2 Å². The molecule has 304 valence electrons. The zero-order valence-electron chi connectivity index (χ0n) is 29.9. The van der Waals surface area contributed by atoms with Crippen LogP contribution in [-0.2, 0) is 38.0 Å². The average Bonchev–Trinajstić information content (AvgIpc) is 3.17. The average molecular weight is 781 g/mol. The number of aliphatic hydroxyl groups is 7. The predicted molar refractivity (Wildman–Crippen MR) is 187 cm³/mol. The van der Waals surface area contributed by atoms with Crippen molar-refractivity contribution in [3.05, 3.63) is 65.7 Å². The summed E-state index contributed by atoms with van der Waals surface area (Å²) in [4.78, 5) is 13.1. The van der Waals surface area contributed by atoms with Gasteiger partial charge in [0.15, 0.2) is 36.5 Å². The Morgan fingerprint density at radius 1 is 0.691 bits per heavy atom. The maximum atomic E-state index is 13.1. The number of esters is 1. The number of carbonyl (C=O) groups excluding carboxylic acids is 1. The Morgan fingerprint density at radius 3 is 2.00 bits per heavy atom. The lowest BCUT2D eigenvalue weighted by Crippen LogP contribution is -2.66. The molecule has 0 bridgehead atoms. The van der Waals surface area contributed by atoms with Crippen molar-refractivity contribution in [2.75, 3.05) is 13.2 Å². The van der Waals surface area contributed by atoms with Gasteiger partial charge in [0.1, 0.15) is 60.7 Å². The molecule has 3 aliphatic heterocycles. The molecule has 18 heteroatoms. The smallest absolute Gasteiger partial charge is 0.331 e. The standard InChI is InChI=1S/C37H48O18/c1-3-23-26(43)27(44)29(46)37(51-23)54-32-17(2)50-36(30(47)28(32)45)55-34-31(48)35(49-14-4-5-18-6-10-20(39)11-7-18)52-24(16-38)33(34)53-25(42)13-9-19-8-12-21(40)22(41)15-19/h4-13,15,17,23-24,26-41,43-48H,3,14,16H2,1-2H3/t17-,23+,24+,26+,27-,28-,29+,30+,31+,32-,33+,34+,35+,36-,37-/m0/s1. The summed E-state index contributed by atoms with van der Waals surface area (Å²) in [6, 6.07) is 10.1. The molecule has 10 N–H and O–H groups in total. The molecule has 0 saturated carbocycles. The van der Waals surface area contributed by atoms with Crippen LogP contribution in [0, 0.1) is 0 Å². The van der Waals surface area contributed by atoms with Crippen LogP contribution < -0.4 is 0 Å². The number of aromatic hydroxyl groups is 3. The molecule has 18 nitrogen and oxygen atoms in total. The Balaban J connectivity index is 1.33. The number of rotatable bonds is 13. The van der Waals surface area contributed by atoms with E-state index in [1.54, 1.807) is 31.2 Å². The van der Waals surface area contributed by atoms with E-state index in [9.17, 15) is 55.9 Å². The van der Waals surface area contributed by atoms with Gasteiger partial charge in [-0.15, -0.1) is 0 Å². The molecule has 0 radical (unpaired) electrons. The summed E-state index contributed by atoms with van der Waals surface area (Å²) in [5, 5.41) is 104. The minimum absolute atomic E-state index is 0.0818. The van der Waals surface area contributed by atoms with Crippen LogP contribution in [0.5, 0.6) is 17.2 Å². The van der Waals surface area contributed by atoms with Crippen LogP contribution in [-0.4, -0.2) is 162 Å². The highest BCUT2D eigenvalue weighted by molar-refractivity contribution is 5.87. The van der Waals surface area contributed by atoms with Gasteiger partial charge in [0.05, 0.1) is 25.4 Å². The van der Waals surface area contributed by atoms with Gasteiger partial charge in [-0.2, -0.15) is 0 Å². The first-order valence-corrected chi connectivity index (χ1v) is 17.7. The SMILES string of the molecule is CC[C@H]1O[C@@H](O[C@@H]2[C@@H](O)[C@@H](O)[C@H](O[C@@H]3[C@@H](O)[C@H](OCC=Cc4ccc(O)cc4)O[C@H](CO)[C@H]3OC(=O)C=Cc3ccc(O)c(O)c3)O[C@H]2C)[C@H](O)[C@@H](O)[C@@H]1O. The number of aliphatic hydroxyl groups excluding tert-OH is 7. The second kappa shape index (κ2) is 18.9. The molecule has 3 heterocycles. The first kappa shape index (κ1) is 42.4. The minimum atomic E-state index is -1.90. The molecule has 0 aromatic heterocycles. The molecule has 3 aliphatic rings. The summed E-state index contributed by atoms with van der Waals surface area (Å²) in [7, 11) is 0. The zero-order valence-corrected chi connectivity index (χ0v) is 29.9. The molecule has 2 aromatic carbocycles. The molecule has 15 atom stereocenters. The third-order valence-corrected chi connectivity index (χ3v) is 9.45. The lowest BCUT2D eigenvalue weighted by molar-refractivity contribution is -0.375. The number of hydrogen-bond acceptors (Lipinski definition) is 18. The van der Waals surface area contributed by atoms with Crippen molar-refractivity contribution in [1.29, 1.82) is 0 Å². The second-order valence-electron chi connectivity index (χ2n) is 13.3. The molecule has 3 saturated heterocycles. The topological polar surface area (TPSA) is 284 Å². The third-order valence-electron chi connectivity index (χ3n) is 9.45. The molecule has 0 unspecified atom stereocenters. The molecule has 0 spiro atoms. The maximum Gasteiger partial charge on any atom is 0.331 e. The van der Waals surface area contributed by atoms with Crippen molar-refractivity contribution in [3.63, 3.8) is 0 Å². The van der Waals surface area contributed by atoms with E-state index in [4.69, 9.17) is 33.2 Å². The molecule has 0 amide bonds. The highest BCUT2D eigenvalue weighted by Crippen LogP contribution is 2.34. The van der Waals surface area contributed by atoms with Gasteiger partial charge in [-0.05, 0) is 54.8 Å². The first-order valence-electron chi connectivity index (χ1n) is 17.7. The van der Waals surface area contributed by atoms with Crippen LogP contribution in [0.4, 0.5) is 0 Å². The lowest BCUT2D eigenvalue weighted by atomic mass is 9.95. The van der Waals surface area contributed by atoms with E-state index in [1.807, 2.05) is 0 Å². The van der Waals surface area contributed by atoms with Gasteiger partial charge >= 0.3 is 5.97 Å². The number of phenols is 3. The van der Waals surface area contributed by atoms with Crippen LogP contribution in [0.15, 0.2) is 54.6 Å². The highest BCUT2D eigenvalue weighted by Gasteiger charge is 2.54. The summed E-state index contributed by atoms with van der Waals surface area (Å²) in [5.41, 5.74) is 1.04. The first-order chi connectivity index (χ1) is 26.2. The molecule has 2 aromatic rings. The van der Waals surface area contributed by atoms with E-state index in [0.717, 1.165) is 11.6 Å². The summed E-state index contributed by atoms with van der Waals surface area (Å²) in [6.45, 7) is 2.23. The largest absolute Gasteiger partial charge is 0.508 e. The number of hydrogen-bond donors (Lipinski definition) is 10. The van der Waals surface area contributed by atoms with Crippen molar-refractivity contribution in [3.8, 4) is 17.2 Å². The van der Waals surface area contributed by atoms with E-state index >= 15 is 0 Å². The predicted octanol–water partition coefficient (Wildman–Crippen LogP) is -1.01. The van der Waals surface area contributed by atoms with Gasteiger partial charge in [0, 0.05) is 6.08 Å². The molecule has 3 fully saturated rings. The third kappa shape index (κ3) is 10.2. The van der Waals surface area contributed by atoms with Crippen LogP contribution in [0.1, 0.15) is 31.4 Å². The normalized spacial score (nSPS) is 37.0. The van der Waals surface area contributed by atoms with Crippen molar-refractivity contribution in [2.45, 2.75) is 112 Å². The summed E-state index contributed by atoms with van der Waals surface area (Å²) in [5.74, 6) is -1.73. The molecule has 5 rings (SSSR count). The Bertz CT molecular complexity index is 1600. The maximum absolute atomic E-state index is 13.1. The molecular weight excluding hydrogens is 732 g/mol. The van der Waals surface area contributed by atoms with E-state index in [1.165, 1.54) is 43.3 Å². The fourth-order valence-corrected chi connectivity index (χ4v) is 6.36. The molecule has 0 aliphatic carbocycles. The number of benzene rings is 2. The van der Waals surface area contributed by atoms with Gasteiger partial charge in [-0.1, -0.05) is 37.3 Å². The fourth-order valence-electron chi connectivity index (χ4n) is 6.36. The van der Waals surface area contributed by atoms with Crippen LogP contribution in [0.2, 0.25) is 0 Å². The van der Waals surface area contributed by atoms with Gasteiger partial charge in [-0.25, -0.2) is 4.79 Å². The number of carbonyl (C=O) groups is 1. The summed E-state index contributed by atoms with van der Waals surface area (Å²) >= 11 is 0.